The molecular formula is C21H18ClFN4O3. The van der Waals surface area contributed by atoms with E-state index in [9.17, 15) is 14.3 Å². The maximum atomic E-state index is 13.1. The van der Waals surface area contributed by atoms with E-state index in [0.717, 1.165) is 5.56 Å². The first-order valence-electron chi connectivity index (χ1n) is 9.20. The number of hydrogen-bond donors (Lipinski definition) is 1. The third-order valence-corrected chi connectivity index (χ3v) is 4.78. The minimum Gasteiger partial charge on any atom is -0.389 e. The van der Waals surface area contributed by atoms with Gasteiger partial charge in [-0.3, -0.25) is 9.36 Å². The number of rotatable bonds is 7. The van der Waals surface area contributed by atoms with Crippen molar-refractivity contribution in [3.05, 3.63) is 87.8 Å². The second kappa shape index (κ2) is 8.74. The van der Waals surface area contributed by atoms with Gasteiger partial charge in [0.15, 0.2) is 5.65 Å². The topological polar surface area (TPSA) is 82.2 Å². The van der Waals surface area contributed by atoms with E-state index in [0.29, 0.717) is 28.4 Å². The minimum atomic E-state index is -0.888. The number of fused-ring (bicyclic) bond motifs is 1. The Balaban J connectivity index is 1.44. The van der Waals surface area contributed by atoms with Crippen molar-refractivity contribution < 1.29 is 14.2 Å². The molecule has 0 amide bonds. The maximum absolute atomic E-state index is 13.1. The van der Waals surface area contributed by atoms with E-state index >= 15 is 0 Å². The summed E-state index contributed by atoms with van der Waals surface area (Å²) in [5.41, 5.74) is 1.55. The Bertz CT molecular complexity index is 1210. The van der Waals surface area contributed by atoms with Crippen LogP contribution in [-0.4, -0.2) is 37.1 Å². The van der Waals surface area contributed by atoms with Crippen LogP contribution in [0.5, 0.6) is 0 Å². The van der Waals surface area contributed by atoms with Gasteiger partial charge in [0, 0.05) is 5.02 Å². The molecule has 1 atom stereocenters. The third-order valence-electron chi connectivity index (χ3n) is 4.53. The molecule has 2 aromatic heterocycles. The molecule has 9 heteroatoms. The highest BCUT2D eigenvalue weighted by atomic mass is 35.5. The number of hydrogen-bond acceptors (Lipinski definition) is 5. The molecule has 0 radical (unpaired) electrons. The van der Waals surface area contributed by atoms with Crippen molar-refractivity contribution in [1.29, 1.82) is 0 Å². The van der Waals surface area contributed by atoms with E-state index in [1.807, 2.05) is 12.1 Å². The molecule has 0 spiro atoms. The first-order chi connectivity index (χ1) is 14.5. The van der Waals surface area contributed by atoms with Crippen LogP contribution >= 0.6 is 11.6 Å². The normalized spacial score (nSPS) is 12.4. The Morgan fingerprint density at radius 1 is 1.13 bits per heavy atom. The molecule has 0 aliphatic rings. The Kier molecular flexibility index (Phi) is 5.89. The predicted octanol–water partition coefficient (Wildman–Crippen LogP) is 2.95. The highest BCUT2D eigenvalue weighted by Crippen LogP contribution is 2.14. The van der Waals surface area contributed by atoms with Gasteiger partial charge >= 0.3 is 0 Å². The van der Waals surface area contributed by atoms with Crippen molar-refractivity contribution in [1.82, 2.24) is 19.3 Å². The Morgan fingerprint density at radius 3 is 2.60 bits per heavy atom. The van der Waals surface area contributed by atoms with Crippen molar-refractivity contribution in [2.75, 3.05) is 6.61 Å². The highest BCUT2D eigenvalue weighted by molar-refractivity contribution is 6.30. The number of aromatic nitrogens is 4. The molecule has 1 unspecified atom stereocenters. The number of halogens is 2. The van der Waals surface area contributed by atoms with Crippen LogP contribution in [0.25, 0.3) is 16.7 Å². The van der Waals surface area contributed by atoms with Crippen LogP contribution in [0.4, 0.5) is 4.39 Å². The number of ether oxygens (including phenoxy) is 1. The molecule has 0 fully saturated rings. The fraction of sp³-hybridized carbons (Fsp3) is 0.190. The molecule has 154 valence electrons. The second-order valence-corrected chi connectivity index (χ2v) is 7.20. The molecule has 0 bridgehead atoms. The lowest BCUT2D eigenvalue weighted by molar-refractivity contribution is 0.0198. The molecule has 0 saturated carbocycles. The van der Waals surface area contributed by atoms with E-state index in [2.05, 4.69) is 10.1 Å². The predicted molar refractivity (Wildman–Crippen MR) is 110 cm³/mol. The lowest BCUT2D eigenvalue weighted by Gasteiger charge is -2.13. The molecule has 4 aromatic rings. The van der Waals surface area contributed by atoms with Gasteiger partial charge in [-0.25, -0.2) is 14.1 Å². The zero-order valence-electron chi connectivity index (χ0n) is 15.8. The summed E-state index contributed by atoms with van der Waals surface area (Å²) in [5, 5.41) is 15.4. The van der Waals surface area contributed by atoms with Crippen LogP contribution in [0.2, 0.25) is 5.02 Å². The quantitative estimate of drug-likeness (QED) is 0.489. The largest absolute Gasteiger partial charge is 0.389 e. The van der Waals surface area contributed by atoms with Gasteiger partial charge in [0.2, 0.25) is 0 Å². The highest BCUT2D eigenvalue weighted by Gasteiger charge is 2.14. The zero-order valence-corrected chi connectivity index (χ0v) is 16.5. The maximum Gasteiger partial charge on any atom is 0.264 e. The lowest BCUT2D eigenvalue weighted by atomic mass is 10.2. The molecule has 0 aliphatic carbocycles. The van der Waals surface area contributed by atoms with Crippen molar-refractivity contribution in [3.63, 3.8) is 0 Å². The van der Waals surface area contributed by atoms with Gasteiger partial charge in [0.05, 0.1) is 37.7 Å². The van der Waals surface area contributed by atoms with Gasteiger partial charge in [-0.15, -0.1) is 0 Å². The van der Waals surface area contributed by atoms with Gasteiger partial charge in [0.1, 0.15) is 17.5 Å². The third kappa shape index (κ3) is 4.40. The van der Waals surface area contributed by atoms with E-state index in [4.69, 9.17) is 16.3 Å². The van der Waals surface area contributed by atoms with Crippen LogP contribution in [-0.2, 0) is 17.9 Å². The number of benzene rings is 2. The van der Waals surface area contributed by atoms with Crippen LogP contribution < -0.4 is 5.56 Å². The lowest BCUT2D eigenvalue weighted by Crippen LogP contribution is -2.29. The summed E-state index contributed by atoms with van der Waals surface area (Å²) in [6.45, 7) is 0.414. The van der Waals surface area contributed by atoms with Gasteiger partial charge in [-0.2, -0.15) is 5.10 Å². The van der Waals surface area contributed by atoms with Crippen LogP contribution in [0, 0.1) is 5.82 Å². The van der Waals surface area contributed by atoms with Crippen molar-refractivity contribution >= 4 is 22.6 Å². The summed E-state index contributed by atoms with van der Waals surface area (Å²) in [7, 11) is 0. The second-order valence-electron chi connectivity index (χ2n) is 6.77. The van der Waals surface area contributed by atoms with Crippen LogP contribution in [0.3, 0.4) is 0 Å². The molecule has 1 N–H and O–H groups in total. The zero-order chi connectivity index (χ0) is 21.1. The monoisotopic (exact) mass is 428 g/mol. The number of aliphatic hydroxyl groups is 1. The molecule has 30 heavy (non-hydrogen) atoms. The van der Waals surface area contributed by atoms with Gasteiger partial charge in [0.25, 0.3) is 5.56 Å². The summed E-state index contributed by atoms with van der Waals surface area (Å²) in [6, 6.07) is 12.9. The molecular weight excluding hydrogens is 411 g/mol. The Labute approximate surface area is 175 Å². The first kappa shape index (κ1) is 20.2. The van der Waals surface area contributed by atoms with Crippen LogP contribution in [0.1, 0.15) is 5.56 Å². The van der Waals surface area contributed by atoms with Crippen molar-refractivity contribution in [2.45, 2.75) is 19.3 Å². The smallest absolute Gasteiger partial charge is 0.264 e. The molecule has 7 nitrogen and oxygen atoms in total. The molecule has 0 saturated heterocycles. The van der Waals surface area contributed by atoms with E-state index in [1.165, 1.54) is 33.9 Å². The standard InChI is InChI=1S/C21H18ClFN4O3/c22-15-3-1-14(2-4-15)11-30-12-18(28)10-26-13-24-20-19(21(26)29)9-25-27(20)17-7-5-16(23)6-8-17/h1-9,13,18,28H,10-12H2. The van der Waals surface area contributed by atoms with Crippen molar-refractivity contribution in [2.24, 2.45) is 0 Å². The average Bonchev–Trinajstić information content (AvgIpc) is 3.17. The summed E-state index contributed by atoms with van der Waals surface area (Å²) >= 11 is 5.85. The van der Waals surface area contributed by atoms with E-state index in [1.54, 1.807) is 24.3 Å². The van der Waals surface area contributed by atoms with Gasteiger partial charge in [-0.05, 0) is 42.0 Å². The van der Waals surface area contributed by atoms with Gasteiger partial charge < -0.3 is 9.84 Å². The average molecular weight is 429 g/mol. The molecule has 4 rings (SSSR count). The van der Waals surface area contributed by atoms with E-state index < -0.39 is 6.10 Å². The SMILES string of the molecule is O=c1c2cnn(-c3ccc(F)cc3)c2ncn1CC(O)COCc1ccc(Cl)cc1. The first-order valence-corrected chi connectivity index (χ1v) is 9.58. The Hall–Kier alpha value is -3.07. The summed E-state index contributed by atoms with van der Waals surface area (Å²) in [5.74, 6) is -0.363. The molecule has 2 heterocycles. The van der Waals surface area contributed by atoms with Crippen molar-refractivity contribution in [3.8, 4) is 5.69 Å². The minimum absolute atomic E-state index is 0.0319. The number of aliphatic hydroxyl groups excluding tert-OH is 1. The molecule has 0 aliphatic heterocycles. The fourth-order valence-electron chi connectivity index (χ4n) is 3.02. The van der Waals surface area contributed by atoms with E-state index in [-0.39, 0.29) is 24.5 Å². The fourth-order valence-corrected chi connectivity index (χ4v) is 3.15. The molecule has 2 aromatic carbocycles. The van der Waals surface area contributed by atoms with Crippen LogP contribution in [0.15, 0.2) is 65.8 Å². The van der Waals surface area contributed by atoms with Gasteiger partial charge in [-0.1, -0.05) is 23.7 Å². The number of nitrogens with zero attached hydrogens (tertiary/aromatic N) is 4. The summed E-state index contributed by atoms with van der Waals surface area (Å²) < 4.78 is 21.4. The Morgan fingerprint density at radius 2 is 1.87 bits per heavy atom. The summed E-state index contributed by atoms with van der Waals surface area (Å²) in [4.78, 5) is 17.0. The summed E-state index contributed by atoms with van der Waals surface area (Å²) in [6.07, 6.45) is 1.88.